The number of rotatable bonds is 6. The predicted molar refractivity (Wildman–Crippen MR) is 91.9 cm³/mol. The maximum atomic E-state index is 14.4. The molecule has 0 atom stereocenters. The standard InChI is InChI=1S/C17H14F4S2/c1-5-10-12(16(18,19)6-2)15-11(8-9-23-15)13(14(10)22-4)17(20,21)7-3/h5-9H,1-3H2,4H3. The van der Waals surface area contributed by atoms with Crippen molar-refractivity contribution >= 4 is 39.3 Å². The molecule has 6 heteroatoms. The van der Waals surface area contributed by atoms with Crippen LogP contribution in [0.5, 0.6) is 0 Å². The van der Waals surface area contributed by atoms with E-state index < -0.39 is 11.8 Å². The third-order valence-corrected chi connectivity index (χ3v) is 5.25. The molecule has 23 heavy (non-hydrogen) atoms. The van der Waals surface area contributed by atoms with Crippen LogP contribution in [0.2, 0.25) is 0 Å². The summed E-state index contributed by atoms with van der Waals surface area (Å²) in [5.74, 6) is -6.68. The van der Waals surface area contributed by atoms with Gasteiger partial charge in [0.2, 0.25) is 0 Å². The van der Waals surface area contributed by atoms with Gasteiger partial charge < -0.3 is 0 Å². The molecule has 0 N–H and O–H groups in total. The molecule has 0 nitrogen and oxygen atoms in total. The molecule has 0 radical (unpaired) electrons. The van der Waals surface area contributed by atoms with Gasteiger partial charge >= 0.3 is 0 Å². The number of benzene rings is 1. The molecule has 1 aromatic heterocycles. The summed E-state index contributed by atoms with van der Waals surface area (Å²) in [6.45, 7) is 9.88. The Morgan fingerprint density at radius 2 is 1.61 bits per heavy atom. The summed E-state index contributed by atoms with van der Waals surface area (Å²) in [5.41, 5.74) is -0.635. The van der Waals surface area contributed by atoms with Crippen molar-refractivity contribution in [1.29, 1.82) is 0 Å². The average molecular weight is 358 g/mol. The first-order valence-electron chi connectivity index (χ1n) is 6.52. The highest BCUT2D eigenvalue weighted by atomic mass is 32.2. The van der Waals surface area contributed by atoms with Gasteiger partial charge in [0, 0.05) is 20.5 Å². The summed E-state index contributed by atoms with van der Waals surface area (Å²) in [6, 6.07) is 1.43. The van der Waals surface area contributed by atoms with Crippen LogP contribution >= 0.6 is 23.1 Å². The zero-order valence-corrected chi connectivity index (χ0v) is 14.0. The molecule has 0 amide bonds. The van der Waals surface area contributed by atoms with Crippen molar-refractivity contribution in [2.75, 3.05) is 6.26 Å². The molecule has 2 rings (SSSR count). The molecular weight excluding hydrogens is 344 g/mol. The van der Waals surface area contributed by atoms with Gasteiger partial charge in [-0.05, 0) is 35.4 Å². The second-order valence-electron chi connectivity index (χ2n) is 4.72. The molecular formula is C17H14F4S2. The summed E-state index contributed by atoms with van der Waals surface area (Å²) in [5, 5.41) is 1.62. The van der Waals surface area contributed by atoms with Crippen LogP contribution in [-0.2, 0) is 11.8 Å². The monoisotopic (exact) mass is 358 g/mol. The average Bonchev–Trinajstić information content (AvgIpc) is 3.00. The zero-order valence-electron chi connectivity index (χ0n) is 12.3. The van der Waals surface area contributed by atoms with Crippen molar-refractivity contribution in [2.45, 2.75) is 16.7 Å². The van der Waals surface area contributed by atoms with Crippen molar-refractivity contribution in [1.82, 2.24) is 0 Å². The van der Waals surface area contributed by atoms with Crippen LogP contribution in [0.4, 0.5) is 17.6 Å². The highest BCUT2D eigenvalue weighted by molar-refractivity contribution is 7.98. The minimum absolute atomic E-state index is 0.00822. The van der Waals surface area contributed by atoms with Gasteiger partial charge in [-0.1, -0.05) is 25.8 Å². The Morgan fingerprint density at radius 3 is 2.09 bits per heavy atom. The van der Waals surface area contributed by atoms with Gasteiger partial charge in [-0.3, -0.25) is 0 Å². The summed E-state index contributed by atoms with van der Waals surface area (Å²) in [6.07, 6.45) is 3.81. The Kier molecular flexibility index (Phi) is 4.78. The minimum atomic E-state index is -3.35. The summed E-state index contributed by atoms with van der Waals surface area (Å²) >= 11 is 1.98. The molecule has 0 saturated heterocycles. The summed E-state index contributed by atoms with van der Waals surface area (Å²) < 4.78 is 57.7. The van der Waals surface area contributed by atoms with Gasteiger partial charge in [0.25, 0.3) is 11.8 Å². The van der Waals surface area contributed by atoms with E-state index in [1.807, 2.05) is 0 Å². The van der Waals surface area contributed by atoms with Crippen molar-refractivity contribution in [3.8, 4) is 0 Å². The SMILES string of the molecule is C=Cc1c(SC)c(C(F)(F)C=C)c2ccsc2c1C(F)(F)C=C. The first kappa shape index (κ1) is 17.8. The lowest BCUT2D eigenvalue weighted by molar-refractivity contribution is 0.0480. The molecule has 1 aromatic carbocycles. The van der Waals surface area contributed by atoms with Crippen LogP contribution in [-0.4, -0.2) is 6.26 Å². The van der Waals surface area contributed by atoms with E-state index >= 15 is 0 Å². The normalized spacial score (nSPS) is 12.4. The van der Waals surface area contributed by atoms with Crippen molar-refractivity contribution in [2.24, 2.45) is 0 Å². The number of thioether (sulfide) groups is 1. The van der Waals surface area contributed by atoms with Crippen LogP contribution in [0.3, 0.4) is 0 Å². The molecule has 1 heterocycles. The van der Waals surface area contributed by atoms with E-state index in [-0.39, 0.29) is 31.7 Å². The minimum Gasteiger partial charge on any atom is -0.196 e. The summed E-state index contributed by atoms with van der Waals surface area (Å²) in [4.78, 5) is 0.0762. The van der Waals surface area contributed by atoms with Gasteiger partial charge in [-0.25, -0.2) is 0 Å². The van der Waals surface area contributed by atoms with Gasteiger partial charge in [-0.2, -0.15) is 17.6 Å². The maximum Gasteiger partial charge on any atom is 0.293 e. The van der Waals surface area contributed by atoms with E-state index in [0.717, 1.165) is 23.1 Å². The van der Waals surface area contributed by atoms with Crippen LogP contribution in [0.15, 0.2) is 48.2 Å². The maximum absolute atomic E-state index is 14.4. The van der Waals surface area contributed by atoms with E-state index in [1.165, 1.54) is 17.5 Å². The first-order valence-corrected chi connectivity index (χ1v) is 8.63. The van der Waals surface area contributed by atoms with E-state index in [0.29, 0.717) is 12.2 Å². The quantitative estimate of drug-likeness (QED) is 0.310. The number of hydrogen-bond donors (Lipinski definition) is 0. The number of thiophene rings is 1. The number of fused-ring (bicyclic) bond motifs is 1. The van der Waals surface area contributed by atoms with Crippen LogP contribution in [0, 0.1) is 0 Å². The van der Waals surface area contributed by atoms with Gasteiger partial charge in [-0.15, -0.1) is 23.1 Å². The second-order valence-corrected chi connectivity index (χ2v) is 6.45. The van der Waals surface area contributed by atoms with Crippen LogP contribution in [0.1, 0.15) is 16.7 Å². The molecule has 0 saturated carbocycles. The van der Waals surface area contributed by atoms with Gasteiger partial charge in [0.05, 0.1) is 5.56 Å². The molecule has 0 bridgehead atoms. The zero-order chi connectivity index (χ0) is 17.4. The predicted octanol–water partition coefficient (Wildman–Crippen LogP) is 6.82. The number of alkyl halides is 4. The fourth-order valence-electron chi connectivity index (χ4n) is 2.47. The number of allylic oxidation sites excluding steroid dienone is 2. The topological polar surface area (TPSA) is 0 Å². The molecule has 0 aliphatic carbocycles. The lowest BCUT2D eigenvalue weighted by atomic mass is 9.93. The Labute approximate surface area is 140 Å². The number of halogens is 4. The highest BCUT2D eigenvalue weighted by Crippen LogP contribution is 2.50. The van der Waals surface area contributed by atoms with Crippen molar-refractivity contribution < 1.29 is 17.6 Å². The smallest absolute Gasteiger partial charge is 0.196 e. The lowest BCUT2D eigenvalue weighted by Crippen LogP contribution is -2.17. The Balaban J connectivity index is 3.11. The molecule has 122 valence electrons. The van der Waals surface area contributed by atoms with Gasteiger partial charge in [0.15, 0.2) is 0 Å². The molecule has 0 unspecified atom stereocenters. The van der Waals surface area contributed by atoms with E-state index in [1.54, 1.807) is 6.26 Å². The van der Waals surface area contributed by atoms with Gasteiger partial charge in [0.1, 0.15) is 0 Å². The van der Waals surface area contributed by atoms with E-state index in [4.69, 9.17) is 0 Å². The largest absolute Gasteiger partial charge is 0.293 e. The molecule has 0 fully saturated rings. The molecule has 0 spiro atoms. The Morgan fingerprint density at radius 1 is 1.04 bits per heavy atom. The Hall–Kier alpha value is -1.53. The Bertz CT molecular complexity index is 787. The van der Waals surface area contributed by atoms with Crippen LogP contribution in [0.25, 0.3) is 16.2 Å². The van der Waals surface area contributed by atoms with Crippen molar-refractivity contribution in [3.63, 3.8) is 0 Å². The molecule has 0 aliphatic rings. The molecule has 0 aliphatic heterocycles. The van der Waals surface area contributed by atoms with Crippen LogP contribution < -0.4 is 0 Å². The lowest BCUT2D eigenvalue weighted by Gasteiger charge is -2.24. The van der Waals surface area contributed by atoms with Crippen molar-refractivity contribution in [3.05, 3.63) is 60.0 Å². The fourth-order valence-corrected chi connectivity index (χ4v) is 4.32. The van der Waals surface area contributed by atoms with E-state index in [9.17, 15) is 17.6 Å². The highest BCUT2D eigenvalue weighted by Gasteiger charge is 2.40. The third-order valence-electron chi connectivity index (χ3n) is 3.49. The molecule has 2 aromatic rings. The summed E-state index contributed by atoms with van der Waals surface area (Å²) in [7, 11) is 0. The second kappa shape index (κ2) is 6.17. The third kappa shape index (κ3) is 2.74. The fraction of sp³-hybridized carbons (Fsp3) is 0.176. The number of hydrogen-bond acceptors (Lipinski definition) is 2. The first-order chi connectivity index (χ1) is 10.7. The van der Waals surface area contributed by atoms with E-state index in [2.05, 4.69) is 19.7 Å².